The topological polar surface area (TPSA) is 118 Å². The van der Waals surface area contributed by atoms with Crippen LogP contribution in [0.1, 0.15) is 36.0 Å². The van der Waals surface area contributed by atoms with Crippen molar-refractivity contribution in [2.24, 2.45) is 0 Å². The van der Waals surface area contributed by atoms with Crippen LogP contribution in [-0.2, 0) is 14.8 Å². The molecule has 4 rings (SSSR count). The van der Waals surface area contributed by atoms with Gasteiger partial charge in [-0.2, -0.15) is 0 Å². The Morgan fingerprint density at radius 3 is 2.47 bits per heavy atom. The second-order valence-electron chi connectivity index (χ2n) is 8.46. The van der Waals surface area contributed by atoms with E-state index in [1.54, 1.807) is 12.1 Å². The molecule has 182 valence electrons. The summed E-state index contributed by atoms with van der Waals surface area (Å²) in [4.78, 5) is 31.3. The van der Waals surface area contributed by atoms with Gasteiger partial charge in [-0.15, -0.1) is 0 Å². The molecule has 0 aliphatic carbocycles. The van der Waals surface area contributed by atoms with Crippen molar-refractivity contribution in [3.8, 4) is 5.75 Å². The average molecular weight is 511 g/mol. The van der Waals surface area contributed by atoms with E-state index in [9.17, 15) is 22.4 Å². The van der Waals surface area contributed by atoms with Gasteiger partial charge in [0.15, 0.2) is 0 Å². The molecule has 2 fully saturated rings. The Balaban J connectivity index is 1.39. The lowest BCUT2D eigenvalue weighted by Gasteiger charge is -2.39. The molecule has 2 bridgehead atoms. The molecule has 3 heterocycles. The monoisotopic (exact) mass is 510 g/mol. The molecule has 34 heavy (non-hydrogen) atoms. The zero-order valence-electron chi connectivity index (χ0n) is 18.3. The summed E-state index contributed by atoms with van der Waals surface area (Å²) in [5.41, 5.74) is -0.0832. The standard InChI is InChI=1S/C22H24ClFN4O5S/c1-34(31,32)27-22(30)19-8-13(23)11-25-21(19)26-12-20(29)28-15-4-5-16(28)10-18(9-15)33-17-6-2-14(24)3-7-17/h2-3,6-8,11,15-16,18H,4-5,9-10,12H2,1H3,(H,25,26)(H,27,30)/t15-,16+,18?. The van der Waals surface area contributed by atoms with Crippen LogP contribution in [0.4, 0.5) is 10.2 Å². The minimum atomic E-state index is -3.79. The summed E-state index contributed by atoms with van der Waals surface area (Å²) >= 11 is 5.92. The summed E-state index contributed by atoms with van der Waals surface area (Å²) in [5, 5.41) is 3.00. The number of benzene rings is 1. The fourth-order valence-corrected chi connectivity index (χ4v) is 5.17. The van der Waals surface area contributed by atoms with E-state index < -0.39 is 15.9 Å². The number of ether oxygens (including phenoxy) is 1. The zero-order valence-corrected chi connectivity index (χ0v) is 19.9. The maximum absolute atomic E-state index is 13.1. The molecule has 2 saturated heterocycles. The van der Waals surface area contributed by atoms with Crippen LogP contribution >= 0.6 is 11.6 Å². The van der Waals surface area contributed by atoms with E-state index in [4.69, 9.17) is 16.3 Å². The predicted octanol–water partition coefficient (Wildman–Crippen LogP) is 2.58. The van der Waals surface area contributed by atoms with Crippen molar-refractivity contribution in [3.63, 3.8) is 0 Å². The first-order valence-corrected chi connectivity index (χ1v) is 13.0. The molecule has 9 nitrogen and oxygen atoms in total. The van der Waals surface area contributed by atoms with Crippen molar-refractivity contribution in [1.82, 2.24) is 14.6 Å². The minimum absolute atomic E-state index is 0.0182. The van der Waals surface area contributed by atoms with Crippen LogP contribution in [0.2, 0.25) is 5.02 Å². The van der Waals surface area contributed by atoms with Crippen molar-refractivity contribution < 1.29 is 27.1 Å². The van der Waals surface area contributed by atoms with Crippen LogP contribution in [0.5, 0.6) is 5.75 Å². The number of sulfonamides is 1. The number of amides is 2. The fraction of sp³-hybridized carbons (Fsp3) is 0.409. The van der Waals surface area contributed by atoms with Crippen LogP contribution in [0.3, 0.4) is 0 Å². The smallest absolute Gasteiger partial charge is 0.268 e. The van der Waals surface area contributed by atoms with Crippen LogP contribution in [0.15, 0.2) is 36.5 Å². The van der Waals surface area contributed by atoms with Gasteiger partial charge in [-0.25, -0.2) is 22.5 Å². The molecule has 1 aromatic heterocycles. The van der Waals surface area contributed by atoms with Crippen molar-refractivity contribution in [1.29, 1.82) is 0 Å². The molecule has 1 aromatic carbocycles. The van der Waals surface area contributed by atoms with Gasteiger partial charge in [0.2, 0.25) is 15.9 Å². The number of anilines is 1. The van der Waals surface area contributed by atoms with Crippen LogP contribution in [0, 0.1) is 5.82 Å². The first kappa shape index (κ1) is 24.2. The van der Waals surface area contributed by atoms with Gasteiger partial charge in [0, 0.05) is 31.1 Å². The third kappa shape index (κ3) is 5.76. The Kier molecular flexibility index (Phi) is 6.94. The van der Waals surface area contributed by atoms with Crippen LogP contribution < -0.4 is 14.8 Å². The maximum Gasteiger partial charge on any atom is 0.268 e. The summed E-state index contributed by atoms with van der Waals surface area (Å²) in [5.74, 6) is -0.723. The number of halogens is 2. The van der Waals surface area contributed by atoms with Gasteiger partial charge in [-0.05, 0) is 43.2 Å². The molecule has 0 radical (unpaired) electrons. The maximum atomic E-state index is 13.1. The molecule has 2 aliphatic rings. The van der Waals surface area contributed by atoms with Crippen molar-refractivity contribution in [3.05, 3.63) is 52.9 Å². The molecule has 3 atom stereocenters. The second kappa shape index (κ2) is 9.75. The third-order valence-corrected chi connectivity index (χ3v) is 6.64. The van der Waals surface area contributed by atoms with Gasteiger partial charge >= 0.3 is 0 Å². The molecule has 0 saturated carbocycles. The Morgan fingerprint density at radius 1 is 1.21 bits per heavy atom. The van der Waals surface area contributed by atoms with Crippen molar-refractivity contribution in [2.75, 3.05) is 18.1 Å². The Labute approximate surface area is 201 Å². The molecule has 2 amide bonds. The summed E-state index contributed by atoms with van der Waals surface area (Å²) < 4.78 is 43.9. The number of piperidine rings is 1. The molecule has 2 aliphatic heterocycles. The molecule has 0 spiro atoms. The molecule has 2 aromatic rings. The normalized spacial score (nSPS) is 21.7. The highest BCUT2D eigenvalue weighted by molar-refractivity contribution is 7.89. The number of carbonyl (C=O) groups excluding carboxylic acids is 2. The lowest BCUT2D eigenvalue weighted by molar-refractivity contribution is -0.135. The third-order valence-electron chi connectivity index (χ3n) is 5.88. The van der Waals surface area contributed by atoms with Crippen LogP contribution in [0.25, 0.3) is 0 Å². The summed E-state index contributed by atoms with van der Waals surface area (Å²) in [6.45, 7) is -0.121. The first-order valence-electron chi connectivity index (χ1n) is 10.7. The number of hydrogen-bond acceptors (Lipinski definition) is 7. The highest BCUT2D eigenvalue weighted by Gasteiger charge is 2.43. The Morgan fingerprint density at radius 2 is 1.85 bits per heavy atom. The average Bonchev–Trinajstić information content (AvgIpc) is 3.03. The van der Waals surface area contributed by atoms with E-state index in [-0.39, 0.29) is 52.9 Å². The Bertz CT molecular complexity index is 1180. The summed E-state index contributed by atoms with van der Waals surface area (Å²) in [6.07, 6.45) is 5.15. The number of pyridine rings is 1. The molecule has 1 unspecified atom stereocenters. The first-order chi connectivity index (χ1) is 16.1. The molecular formula is C22H24ClFN4O5S. The lowest BCUT2D eigenvalue weighted by atomic mass is 9.99. The lowest BCUT2D eigenvalue weighted by Crippen LogP contribution is -2.51. The SMILES string of the molecule is CS(=O)(=O)NC(=O)c1cc(Cl)cnc1NCC(=O)N1[C@@H]2CC[C@H]1CC(Oc1ccc(F)cc1)C2. The van der Waals surface area contributed by atoms with Gasteiger partial charge in [-0.1, -0.05) is 11.6 Å². The number of rotatable bonds is 7. The number of nitrogens with one attached hydrogen (secondary N) is 2. The van der Waals surface area contributed by atoms with Gasteiger partial charge < -0.3 is 15.0 Å². The van der Waals surface area contributed by atoms with E-state index in [0.29, 0.717) is 18.6 Å². The van der Waals surface area contributed by atoms with E-state index in [0.717, 1.165) is 19.1 Å². The minimum Gasteiger partial charge on any atom is -0.490 e. The second-order valence-corrected chi connectivity index (χ2v) is 10.6. The summed E-state index contributed by atoms with van der Waals surface area (Å²) in [7, 11) is -3.79. The highest BCUT2D eigenvalue weighted by Crippen LogP contribution is 2.37. The number of hydrogen-bond donors (Lipinski definition) is 2. The van der Waals surface area contributed by atoms with Gasteiger partial charge in [0.25, 0.3) is 5.91 Å². The van der Waals surface area contributed by atoms with Gasteiger partial charge in [0.05, 0.1) is 23.4 Å². The molecule has 2 N–H and O–H groups in total. The number of nitrogens with zero attached hydrogens (tertiary/aromatic N) is 2. The van der Waals surface area contributed by atoms with Gasteiger partial charge in [0.1, 0.15) is 23.5 Å². The highest BCUT2D eigenvalue weighted by atomic mass is 35.5. The van der Waals surface area contributed by atoms with Crippen molar-refractivity contribution >= 4 is 39.3 Å². The van der Waals surface area contributed by atoms with E-state index in [2.05, 4.69) is 10.3 Å². The molecule has 12 heteroatoms. The summed E-state index contributed by atoms with van der Waals surface area (Å²) in [6, 6.07) is 7.20. The van der Waals surface area contributed by atoms with Crippen LogP contribution in [-0.4, -0.2) is 61.1 Å². The van der Waals surface area contributed by atoms with E-state index in [1.165, 1.54) is 24.4 Å². The number of aromatic nitrogens is 1. The largest absolute Gasteiger partial charge is 0.490 e. The number of carbonyl (C=O) groups is 2. The molecular weight excluding hydrogens is 487 g/mol. The van der Waals surface area contributed by atoms with E-state index >= 15 is 0 Å². The fourth-order valence-electron chi connectivity index (χ4n) is 4.56. The predicted molar refractivity (Wildman–Crippen MR) is 124 cm³/mol. The van der Waals surface area contributed by atoms with Crippen molar-refractivity contribution in [2.45, 2.75) is 43.9 Å². The number of fused-ring (bicyclic) bond motifs is 2. The van der Waals surface area contributed by atoms with Gasteiger partial charge in [-0.3, -0.25) is 9.59 Å². The van der Waals surface area contributed by atoms with E-state index in [1.807, 2.05) is 9.62 Å². The quantitative estimate of drug-likeness (QED) is 0.587. The Hall–Kier alpha value is -2.92. The zero-order chi connectivity index (χ0) is 24.5.